The van der Waals surface area contributed by atoms with Gasteiger partial charge in [0.15, 0.2) is 0 Å². The minimum Gasteiger partial charge on any atom is -0.378 e. The molecule has 4 N–H and O–H groups in total. The molecule has 6 heteroatoms. The lowest BCUT2D eigenvalue weighted by atomic mass is 9.85. The molecule has 1 aromatic heterocycles. The third-order valence-electron chi connectivity index (χ3n) is 5.63. The van der Waals surface area contributed by atoms with E-state index in [2.05, 4.69) is 44.2 Å². The molecule has 146 valence electrons. The molecule has 0 saturated heterocycles. The van der Waals surface area contributed by atoms with Crippen molar-refractivity contribution in [2.45, 2.75) is 50.2 Å². The molecule has 1 unspecified atom stereocenters. The van der Waals surface area contributed by atoms with E-state index < -0.39 is 5.60 Å². The number of fused-ring (bicyclic) bond motifs is 1. The Bertz CT molecular complexity index is 911. The fourth-order valence-corrected chi connectivity index (χ4v) is 4.24. The van der Waals surface area contributed by atoms with Crippen molar-refractivity contribution < 1.29 is 5.11 Å². The number of aromatic nitrogens is 2. The zero-order chi connectivity index (χ0) is 19.6. The summed E-state index contributed by atoms with van der Waals surface area (Å²) in [6, 6.07) is 8.42. The second-order valence-electron chi connectivity index (χ2n) is 7.74. The molecule has 2 aliphatic rings. The molecule has 4 rings (SSSR count). The minimum absolute atomic E-state index is 0.250. The fourth-order valence-electron chi connectivity index (χ4n) is 4.24. The molecule has 0 bridgehead atoms. The van der Waals surface area contributed by atoms with Crippen LogP contribution >= 0.6 is 0 Å². The van der Waals surface area contributed by atoms with Gasteiger partial charge in [0, 0.05) is 24.0 Å². The first-order valence-corrected chi connectivity index (χ1v) is 9.99. The Kier molecular flexibility index (Phi) is 5.21. The van der Waals surface area contributed by atoms with Crippen molar-refractivity contribution in [3.8, 4) is 11.8 Å². The van der Waals surface area contributed by atoms with Gasteiger partial charge in [-0.05, 0) is 62.9 Å². The van der Waals surface area contributed by atoms with E-state index >= 15 is 0 Å². The molecule has 1 atom stereocenters. The second kappa shape index (κ2) is 7.78. The molecule has 1 aliphatic carbocycles. The van der Waals surface area contributed by atoms with Crippen LogP contribution < -0.4 is 16.0 Å². The van der Waals surface area contributed by atoms with Crippen LogP contribution in [-0.4, -0.2) is 40.3 Å². The molecule has 1 aliphatic heterocycles. The van der Waals surface area contributed by atoms with E-state index in [0.717, 1.165) is 55.7 Å². The van der Waals surface area contributed by atoms with Gasteiger partial charge in [-0.15, -0.1) is 0 Å². The van der Waals surface area contributed by atoms with Crippen LogP contribution in [-0.2, 0) is 6.42 Å². The molecular weight excluding hydrogens is 350 g/mol. The van der Waals surface area contributed by atoms with Crippen LogP contribution in [0.1, 0.15) is 43.2 Å². The van der Waals surface area contributed by atoms with E-state index in [0.29, 0.717) is 0 Å². The Labute approximate surface area is 166 Å². The average Bonchev–Trinajstić information content (AvgIpc) is 3.04. The topological polar surface area (TPSA) is 87.3 Å². The van der Waals surface area contributed by atoms with Gasteiger partial charge in [-0.2, -0.15) is 4.98 Å². The standard InChI is InChI=1S/C22H27N5O/c1-24-15-18-14-17-6-5-16(7-11-22(28)9-3-2-4-10-22)13-19(17)27(18)20-8-12-25-21(23)26-20/h5-6,8,12-13,18,24,28H,2-4,9-10,14-15H2,1H3,(H2,23,25,26). The summed E-state index contributed by atoms with van der Waals surface area (Å²) < 4.78 is 0. The molecule has 1 aromatic carbocycles. The van der Waals surface area contributed by atoms with Crippen LogP contribution in [0.15, 0.2) is 30.5 Å². The van der Waals surface area contributed by atoms with Crippen molar-refractivity contribution in [2.24, 2.45) is 0 Å². The minimum atomic E-state index is -0.841. The highest BCUT2D eigenvalue weighted by Gasteiger charge is 2.31. The Hall–Kier alpha value is -2.62. The number of nitrogens with one attached hydrogen (secondary N) is 1. The number of nitrogens with two attached hydrogens (primary N) is 1. The summed E-state index contributed by atoms with van der Waals surface area (Å²) in [5, 5.41) is 13.9. The molecule has 1 saturated carbocycles. The van der Waals surface area contributed by atoms with E-state index in [-0.39, 0.29) is 12.0 Å². The third kappa shape index (κ3) is 3.82. The fraction of sp³-hybridized carbons (Fsp3) is 0.455. The first-order valence-electron chi connectivity index (χ1n) is 9.99. The number of rotatable bonds is 3. The van der Waals surface area contributed by atoms with Gasteiger partial charge in [0.25, 0.3) is 0 Å². The van der Waals surface area contributed by atoms with Gasteiger partial charge in [0.2, 0.25) is 5.95 Å². The molecule has 0 radical (unpaired) electrons. The number of nitrogen functional groups attached to an aromatic ring is 1. The number of anilines is 3. The lowest BCUT2D eigenvalue weighted by Gasteiger charge is -2.27. The first-order chi connectivity index (χ1) is 13.6. The molecule has 1 fully saturated rings. The van der Waals surface area contributed by atoms with Crippen LogP contribution in [0.4, 0.5) is 17.5 Å². The molecular formula is C22H27N5O. The van der Waals surface area contributed by atoms with Crippen molar-refractivity contribution in [1.29, 1.82) is 0 Å². The summed E-state index contributed by atoms with van der Waals surface area (Å²) in [7, 11) is 1.96. The predicted octanol–water partition coefficient (Wildman–Crippen LogP) is 2.39. The number of likely N-dealkylation sites (N-methyl/N-ethyl adjacent to an activating group) is 1. The smallest absolute Gasteiger partial charge is 0.221 e. The third-order valence-corrected chi connectivity index (χ3v) is 5.63. The Balaban J connectivity index is 1.68. The van der Waals surface area contributed by atoms with E-state index in [4.69, 9.17) is 5.73 Å². The van der Waals surface area contributed by atoms with Gasteiger partial charge in [-0.25, -0.2) is 4.98 Å². The Morgan fingerprint density at radius 3 is 2.86 bits per heavy atom. The highest BCUT2D eigenvalue weighted by Crippen LogP contribution is 2.38. The highest BCUT2D eigenvalue weighted by atomic mass is 16.3. The summed E-state index contributed by atoms with van der Waals surface area (Å²) in [4.78, 5) is 10.7. The number of benzene rings is 1. The van der Waals surface area contributed by atoms with E-state index in [1.165, 1.54) is 12.0 Å². The van der Waals surface area contributed by atoms with Crippen LogP contribution in [0, 0.1) is 11.8 Å². The van der Waals surface area contributed by atoms with Crippen molar-refractivity contribution in [3.63, 3.8) is 0 Å². The maximum absolute atomic E-state index is 10.7. The van der Waals surface area contributed by atoms with Gasteiger partial charge in [-0.1, -0.05) is 24.3 Å². The highest BCUT2D eigenvalue weighted by molar-refractivity contribution is 5.71. The lowest BCUT2D eigenvalue weighted by molar-refractivity contribution is 0.0610. The number of nitrogens with zero attached hydrogens (tertiary/aromatic N) is 3. The second-order valence-corrected chi connectivity index (χ2v) is 7.74. The summed E-state index contributed by atoms with van der Waals surface area (Å²) >= 11 is 0. The van der Waals surface area contributed by atoms with Crippen LogP contribution in [0.25, 0.3) is 0 Å². The monoisotopic (exact) mass is 377 g/mol. The maximum atomic E-state index is 10.7. The van der Waals surface area contributed by atoms with Crippen molar-refractivity contribution in [1.82, 2.24) is 15.3 Å². The van der Waals surface area contributed by atoms with Gasteiger partial charge in [0.05, 0.1) is 6.04 Å². The maximum Gasteiger partial charge on any atom is 0.221 e. The number of hydrogen-bond donors (Lipinski definition) is 3. The van der Waals surface area contributed by atoms with Crippen molar-refractivity contribution >= 4 is 17.5 Å². The summed E-state index contributed by atoms with van der Waals surface area (Å²) in [6.45, 7) is 0.833. The normalized spacial score (nSPS) is 20.4. The average molecular weight is 377 g/mol. The predicted molar refractivity (Wildman–Crippen MR) is 111 cm³/mol. The van der Waals surface area contributed by atoms with Crippen LogP contribution in [0.5, 0.6) is 0 Å². The molecule has 0 spiro atoms. The van der Waals surface area contributed by atoms with Crippen molar-refractivity contribution in [3.05, 3.63) is 41.6 Å². The van der Waals surface area contributed by atoms with Gasteiger partial charge >= 0.3 is 0 Å². The van der Waals surface area contributed by atoms with Crippen molar-refractivity contribution in [2.75, 3.05) is 24.2 Å². The summed E-state index contributed by atoms with van der Waals surface area (Å²) in [5.41, 5.74) is 8.26. The number of aliphatic hydroxyl groups is 1. The largest absolute Gasteiger partial charge is 0.378 e. The van der Waals surface area contributed by atoms with E-state index in [1.54, 1.807) is 6.20 Å². The summed E-state index contributed by atoms with van der Waals surface area (Å²) in [6.07, 6.45) is 7.43. The summed E-state index contributed by atoms with van der Waals surface area (Å²) in [5.74, 6) is 7.41. The molecule has 2 aromatic rings. The SMILES string of the molecule is CNCC1Cc2ccc(C#CC3(O)CCCCC3)cc2N1c1ccnc(N)n1. The molecule has 6 nitrogen and oxygen atoms in total. The van der Waals surface area contributed by atoms with Gasteiger partial charge in [-0.3, -0.25) is 0 Å². The zero-order valence-electron chi connectivity index (χ0n) is 16.3. The Morgan fingerprint density at radius 2 is 2.11 bits per heavy atom. The van der Waals surface area contributed by atoms with Gasteiger partial charge in [0.1, 0.15) is 11.4 Å². The van der Waals surface area contributed by atoms with Crippen LogP contribution in [0.3, 0.4) is 0 Å². The van der Waals surface area contributed by atoms with E-state index in [9.17, 15) is 5.11 Å². The molecule has 28 heavy (non-hydrogen) atoms. The Morgan fingerprint density at radius 1 is 1.29 bits per heavy atom. The zero-order valence-corrected chi connectivity index (χ0v) is 16.3. The quantitative estimate of drug-likeness (QED) is 0.712. The van der Waals surface area contributed by atoms with Crippen LogP contribution in [0.2, 0.25) is 0 Å². The van der Waals surface area contributed by atoms with E-state index in [1.807, 2.05) is 19.2 Å². The lowest BCUT2D eigenvalue weighted by Crippen LogP contribution is -2.36. The molecule has 2 heterocycles. The first kappa shape index (κ1) is 18.7. The van der Waals surface area contributed by atoms with Gasteiger partial charge < -0.3 is 21.1 Å². The number of hydrogen-bond acceptors (Lipinski definition) is 6. The molecule has 0 amide bonds.